The smallest absolute Gasteiger partial charge is 0.408 e. The highest BCUT2D eigenvalue weighted by atomic mass is 28.2. The van der Waals surface area contributed by atoms with Crippen molar-refractivity contribution < 1.29 is 14.0 Å². The molecule has 1 aliphatic rings. The molecule has 2 aromatic heterocycles. The molecular weight excluding hydrogens is 424 g/mol. The van der Waals surface area contributed by atoms with Crippen molar-refractivity contribution in [3.8, 4) is 11.1 Å². The second-order valence-corrected chi connectivity index (χ2v) is 9.07. The van der Waals surface area contributed by atoms with Gasteiger partial charge in [-0.25, -0.2) is 4.79 Å². The number of hydrogen-bond donors (Lipinski definition) is 2. The van der Waals surface area contributed by atoms with Crippen LogP contribution in [0.1, 0.15) is 59.3 Å². The number of H-pyrrole nitrogens is 1. The number of aromatic nitrogens is 2. The topological polar surface area (TPSA) is 122 Å². The van der Waals surface area contributed by atoms with E-state index in [1.807, 2.05) is 20.8 Å². The van der Waals surface area contributed by atoms with E-state index in [1.165, 1.54) is 4.57 Å². The van der Waals surface area contributed by atoms with Gasteiger partial charge in [0.15, 0.2) is 16.0 Å². The molecule has 3 N–H and O–H groups in total. The van der Waals surface area contributed by atoms with Crippen molar-refractivity contribution in [3.63, 3.8) is 0 Å². The zero-order chi connectivity index (χ0) is 23.4. The fraction of sp³-hybridized carbons (Fsp3) is 0.304. The van der Waals surface area contributed by atoms with Crippen LogP contribution < -0.4 is 11.5 Å². The van der Waals surface area contributed by atoms with Crippen LogP contribution in [0.2, 0.25) is 0 Å². The van der Waals surface area contributed by atoms with Crippen molar-refractivity contribution in [3.05, 3.63) is 63.9 Å². The number of hydrogen-bond acceptors (Lipinski definition) is 5. The van der Waals surface area contributed by atoms with Crippen LogP contribution >= 0.6 is 0 Å². The number of carbonyl (C=O) groups is 2. The van der Waals surface area contributed by atoms with Crippen LogP contribution in [0.3, 0.4) is 0 Å². The molecule has 8 nitrogen and oxygen atoms in total. The largest absolute Gasteiger partial charge is 0.417 e. The Morgan fingerprint density at radius 3 is 2.72 bits per heavy atom. The summed E-state index contributed by atoms with van der Waals surface area (Å²) in [6, 6.07) is 5.02. The van der Waals surface area contributed by atoms with Gasteiger partial charge in [-0.2, -0.15) is 0 Å². The average Bonchev–Trinajstić information content (AvgIpc) is 3.17. The van der Waals surface area contributed by atoms with E-state index in [-0.39, 0.29) is 17.4 Å². The molecule has 9 heteroatoms. The summed E-state index contributed by atoms with van der Waals surface area (Å²) in [7, 11) is 3.47. The summed E-state index contributed by atoms with van der Waals surface area (Å²) in [4.78, 5) is 45.2. The number of nitrogens with one attached hydrogen (secondary N) is 1. The van der Waals surface area contributed by atoms with E-state index >= 15 is 0 Å². The number of pyridine rings is 1. The number of carbonyl (C=O) groups excluding carboxylic acids is 2. The zero-order valence-corrected chi connectivity index (χ0v) is 19.1. The van der Waals surface area contributed by atoms with Gasteiger partial charge in [0, 0.05) is 5.56 Å². The molecule has 3 aromatic rings. The Labute approximate surface area is 188 Å². The highest BCUT2D eigenvalue weighted by Crippen LogP contribution is 2.45. The third-order valence-corrected chi connectivity index (χ3v) is 6.49. The highest BCUT2D eigenvalue weighted by Gasteiger charge is 2.47. The van der Waals surface area contributed by atoms with E-state index in [0.29, 0.717) is 52.0 Å². The summed E-state index contributed by atoms with van der Waals surface area (Å²) in [6.07, 6.45) is 2.67. The lowest BCUT2D eigenvalue weighted by Gasteiger charge is -2.31. The predicted molar refractivity (Wildman–Crippen MR) is 121 cm³/mol. The lowest BCUT2D eigenvalue weighted by Crippen LogP contribution is -2.39. The first kappa shape index (κ1) is 21.8. The molecule has 2 amide bonds. The van der Waals surface area contributed by atoms with Crippen molar-refractivity contribution in [2.45, 2.75) is 39.2 Å². The van der Waals surface area contributed by atoms with Crippen LogP contribution in [0, 0.1) is 5.92 Å². The molecule has 1 atom stereocenters. The number of benzene rings is 1. The van der Waals surface area contributed by atoms with Crippen LogP contribution in [-0.4, -0.2) is 36.8 Å². The van der Waals surface area contributed by atoms with Gasteiger partial charge in [0.25, 0.3) is 5.91 Å². The van der Waals surface area contributed by atoms with Crippen molar-refractivity contribution >= 4 is 33.3 Å². The fourth-order valence-electron chi connectivity index (χ4n) is 4.33. The number of fused-ring (bicyclic) bond motifs is 2. The summed E-state index contributed by atoms with van der Waals surface area (Å²) < 4.78 is 6.65. The summed E-state index contributed by atoms with van der Waals surface area (Å²) in [5.41, 5.74) is 8.36. The minimum absolute atomic E-state index is 0.194. The Morgan fingerprint density at radius 2 is 2.09 bits per heavy atom. The molecule has 0 saturated heterocycles. The van der Waals surface area contributed by atoms with Crippen molar-refractivity contribution in [2.75, 3.05) is 0 Å². The monoisotopic (exact) mass is 447 g/mol. The molecule has 0 spiro atoms. The minimum atomic E-state index is -0.799. The normalized spacial score (nSPS) is 17.9. The molecule has 0 unspecified atom stereocenters. The number of nitrogens with zero attached hydrogens (tertiary/aromatic N) is 2. The minimum Gasteiger partial charge on any atom is -0.408 e. The summed E-state index contributed by atoms with van der Waals surface area (Å²) in [5.74, 6) is -1.40. The van der Waals surface area contributed by atoms with E-state index in [1.54, 1.807) is 24.3 Å². The molecule has 0 bridgehead atoms. The summed E-state index contributed by atoms with van der Waals surface area (Å²) >= 11 is 0. The molecule has 0 saturated carbocycles. The first-order valence-electron chi connectivity index (χ1n) is 10.3. The van der Waals surface area contributed by atoms with Gasteiger partial charge in [0.2, 0.25) is 5.91 Å². The van der Waals surface area contributed by atoms with E-state index < -0.39 is 17.2 Å². The maximum atomic E-state index is 13.4. The van der Waals surface area contributed by atoms with E-state index in [9.17, 15) is 14.4 Å². The van der Waals surface area contributed by atoms with Gasteiger partial charge in [-0.05, 0) is 43.4 Å². The highest BCUT2D eigenvalue weighted by molar-refractivity contribution is 6.24. The molecule has 1 aromatic carbocycles. The molecule has 163 valence electrons. The van der Waals surface area contributed by atoms with Crippen LogP contribution in [0.15, 0.2) is 40.1 Å². The maximum Gasteiger partial charge on any atom is 0.417 e. The Kier molecular flexibility index (Phi) is 5.16. The van der Waals surface area contributed by atoms with E-state index in [0.717, 1.165) is 0 Å². The standard InChI is InChI=1S/C23H23N4O4Si/c1-5-8-23(4)19-18(21(29)27(23)32)16(17(20(24)28)14(25-19)9-11(2)3)12-6-7-13-15(10-12)31-22(30)26-13/h5-7,10-11H,1,8-9H2,2-4H3,(H2,24,28)(H,26,30)/t23-/m0/s1. The Balaban J connectivity index is 2.14. The SMILES string of the molecule is C=CC[C@@]1(C)c2nc(CC(C)C)c(C(N)=O)c(-c3ccc4[nH]c(=O)oc4c3)c2C(=O)N1[Si]. The molecule has 0 fully saturated rings. The third-order valence-electron chi connectivity index (χ3n) is 5.79. The molecule has 3 heterocycles. The second kappa shape index (κ2) is 7.59. The number of aromatic amines is 1. The number of oxazole rings is 1. The number of primary amides is 1. The van der Waals surface area contributed by atoms with Gasteiger partial charge in [0.1, 0.15) is 0 Å². The van der Waals surface area contributed by atoms with Crippen molar-refractivity contribution in [1.82, 2.24) is 14.5 Å². The Bertz CT molecular complexity index is 1340. The first-order valence-corrected chi connectivity index (χ1v) is 10.7. The molecule has 4 rings (SSSR count). The van der Waals surface area contributed by atoms with Gasteiger partial charge in [-0.1, -0.05) is 26.0 Å². The second-order valence-electron chi connectivity index (χ2n) is 8.63. The Morgan fingerprint density at radius 1 is 1.38 bits per heavy atom. The third kappa shape index (κ3) is 3.20. The fourth-order valence-corrected chi connectivity index (χ4v) is 4.64. The number of nitrogens with two attached hydrogens (primary N) is 1. The molecule has 3 radical (unpaired) electrons. The van der Waals surface area contributed by atoms with Crippen LogP contribution in [0.4, 0.5) is 0 Å². The Hall–Kier alpha value is -3.46. The van der Waals surface area contributed by atoms with Crippen LogP contribution in [-0.2, 0) is 12.0 Å². The van der Waals surface area contributed by atoms with Gasteiger partial charge in [-0.15, -0.1) is 6.58 Å². The van der Waals surface area contributed by atoms with Crippen molar-refractivity contribution in [1.29, 1.82) is 0 Å². The summed E-state index contributed by atoms with van der Waals surface area (Å²) in [6.45, 7) is 9.75. The maximum absolute atomic E-state index is 13.4. The molecular formula is C23H23N4O4Si. The molecule has 1 aliphatic heterocycles. The van der Waals surface area contributed by atoms with Gasteiger partial charge < -0.3 is 14.7 Å². The lowest BCUT2D eigenvalue weighted by atomic mass is 9.86. The first-order chi connectivity index (χ1) is 15.1. The average molecular weight is 448 g/mol. The predicted octanol–water partition coefficient (Wildman–Crippen LogP) is 2.81. The van der Waals surface area contributed by atoms with Gasteiger partial charge in [0.05, 0.1) is 33.6 Å². The van der Waals surface area contributed by atoms with Crippen LogP contribution in [0.5, 0.6) is 0 Å². The van der Waals surface area contributed by atoms with Gasteiger partial charge in [-0.3, -0.25) is 19.6 Å². The van der Waals surface area contributed by atoms with Crippen LogP contribution in [0.25, 0.3) is 22.2 Å². The molecule has 32 heavy (non-hydrogen) atoms. The number of rotatable bonds is 6. The number of amides is 2. The quantitative estimate of drug-likeness (QED) is 0.444. The van der Waals surface area contributed by atoms with E-state index in [4.69, 9.17) is 15.1 Å². The van der Waals surface area contributed by atoms with E-state index in [2.05, 4.69) is 22.0 Å². The van der Waals surface area contributed by atoms with Gasteiger partial charge >= 0.3 is 5.76 Å². The molecule has 0 aliphatic carbocycles. The lowest BCUT2D eigenvalue weighted by molar-refractivity contribution is 0.0791. The zero-order valence-electron chi connectivity index (χ0n) is 18.1. The van der Waals surface area contributed by atoms with Crippen molar-refractivity contribution in [2.24, 2.45) is 11.7 Å². The summed E-state index contributed by atoms with van der Waals surface area (Å²) in [5, 5.41) is 0.